The van der Waals surface area contributed by atoms with Gasteiger partial charge in [-0.15, -0.1) is 6.08 Å². The number of unbranched alkanes of at least 4 members (excludes halogenated alkanes) is 3. The predicted octanol–water partition coefficient (Wildman–Crippen LogP) is 6.84. The number of benzene rings is 1. The highest BCUT2D eigenvalue weighted by Crippen LogP contribution is 2.61. The van der Waals surface area contributed by atoms with Crippen LogP contribution in [0.5, 0.6) is 0 Å². The number of methoxy groups -OCH3 is 1. The van der Waals surface area contributed by atoms with Gasteiger partial charge in [0.05, 0.1) is 7.11 Å². The molecule has 0 aliphatic rings. The second-order valence-electron chi connectivity index (χ2n) is 7.53. The SMILES string of the molecule is CCCC[P+]([B-]C(/C=C/c1ccccc1F)C(=O)OC)(CCCC)CCCC. The average molecular weight is 406 g/mol. The Bertz CT molecular complexity index is 584. The van der Waals surface area contributed by atoms with E-state index in [9.17, 15) is 9.18 Å². The summed E-state index contributed by atoms with van der Waals surface area (Å²) in [7, 11) is 0.0620. The zero-order valence-corrected chi connectivity index (χ0v) is 19.0. The van der Waals surface area contributed by atoms with Crippen molar-refractivity contribution in [3.05, 3.63) is 41.7 Å². The summed E-state index contributed by atoms with van der Waals surface area (Å²) in [5.74, 6) is -0.934. The van der Waals surface area contributed by atoms with Crippen LogP contribution >= 0.6 is 7.14 Å². The normalized spacial score (nSPS) is 13.0. The lowest BCUT2D eigenvalue weighted by molar-refractivity contribution is -0.139. The molecule has 1 rings (SSSR count). The molecular weight excluding hydrogens is 369 g/mol. The van der Waals surface area contributed by atoms with Crippen molar-refractivity contribution in [1.29, 1.82) is 0 Å². The van der Waals surface area contributed by atoms with Gasteiger partial charge in [0.25, 0.3) is 5.97 Å². The molecule has 0 saturated carbocycles. The van der Waals surface area contributed by atoms with Crippen molar-refractivity contribution < 1.29 is 13.9 Å². The second-order valence-corrected chi connectivity index (χ2v) is 11.6. The van der Waals surface area contributed by atoms with Gasteiger partial charge in [0.1, 0.15) is 5.82 Å². The van der Waals surface area contributed by atoms with Gasteiger partial charge in [-0.2, -0.15) is 0 Å². The molecule has 0 saturated heterocycles. The van der Waals surface area contributed by atoms with Crippen molar-refractivity contribution in [3.8, 4) is 0 Å². The second kappa shape index (κ2) is 13.9. The molecule has 156 valence electrons. The first-order valence-corrected chi connectivity index (χ1v) is 13.2. The van der Waals surface area contributed by atoms with Gasteiger partial charge in [-0.1, -0.05) is 77.1 Å². The van der Waals surface area contributed by atoms with Gasteiger partial charge in [-0.05, 0) is 25.3 Å². The maximum absolute atomic E-state index is 14.0. The van der Waals surface area contributed by atoms with Crippen LogP contribution in [-0.4, -0.2) is 38.6 Å². The number of esters is 1. The van der Waals surface area contributed by atoms with E-state index in [0.717, 1.165) is 0 Å². The molecule has 5 heteroatoms. The van der Waals surface area contributed by atoms with Crippen LogP contribution in [0.1, 0.15) is 64.9 Å². The Morgan fingerprint density at radius 1 is 1.07 bits per heavy atom. The van der Waals surface area contributed by atoms with Crippen LogP contribution in [0.2, 0.25) is 5.82 Å². The lowest BCUT2D eigenvalue weighted by atomic mass is 9.85. The van der Waals surface area contributed by atoms with Crippen LogP contribution in [0, 0.1) is 5.82 Å². The average Bonchev–Trinajstić information content (AvgIpc) is 2.72. The first-order chi connectivity index (χ1) is 13.5. The molecule has 0 aliphatic carbocycles. The Morgan fingerprint density at radius 3 is 2.07 bits per heavy atom. The lowest BCUT2D eigenvalue weighted by Crippen LogP contribution is -2.23. The van der Waals surface area contributed by atoms with E-state index in [1.165, 1.54) is 70.2 Å². The van der Waals surface area contributed by atoms with E-state index < -0.39 is 13.0 Å². The van der Waals surface area contributed by atoms with Crippen LogP contribution in [0.3, 0.4) is 0 Å². The first kappa shape index (κ1) is 24.9. The number of hydrogen-bond acceptors (Lipinski definition) is 2. The fourth-order valence-corrected chi connectivity index (χ4v) is 8.32. The zero-order chi connectivity index (χ0) is 20.8. The highest BCUT2D eigenvalue weighted by molar-refractivity contribution is 8.00. The molecule has 0 amide bonds. The minimum atomic E-state index is -1.37. The molecule has 0 heterocycles. The highest BCUT2D eigenvalue weighted by Gasteiger charge is 2.28. The minimum Gasteiger partial charge on any atom is -0.471 e. The quantitative estimate of drug-likeness (QED) is 0.192. The van der Waals surface area contributed by atoms with Gasteiger partial charge in [0.15, 0.2) is 0 Å². The van der Waals surface area contributed by atoms with Gasteiger partial charge < -0.3 is 4.74 Å². The summed E-state index contributed by atoms with van der Waals surface area (Å²) in [4.78, 5) is 12.5. The Hall–Kier alpha value is -1.15. The minimum absolute atomic E-state index is 0.249. The third-order valence-corrected chi connectivity index (χ3v) is 9.78. The van der Waals surface area contributed by atoms with E-state index in [2.05, 4.69) is 27.8 Å². The molecule has 0 spiro atoms. The Balaban J connectivity index is 3.12. The molecule has 2 radical (unpaired) electrons. The summed E-state index contributed by atoms with van der Waals surface area (Å²) in [6, 6.07) is 6.65. The number of ether oxygens (including phenoxy) is 1. The summed E-state index contributed by atoms with van der Waals surface area (Å²) < 4.78 is 19.1. The zero-order valence-electron chi connectivity index (χ0n) is 18.1. The highest BCUT2D eigenvalue weighted by atomic mass is 31.2. The maximum Gasteiger partial charge on any atom is 0.274 e. The van der Waals surface area contributed by atoms with E-state index in [1.54, 1.807) is 24.3 Å². The number of hydrogen-bond donors (Lipinski definition) is 0. The van der Waals surface area contributed by atoms with Crippen molar-refractivity contribution in [3.63, 3.8) is 0 Å². The van der Waals surface area contributed by atoms with Gasteiger partial charge in [0, 0.05) is 24.0 Å². The third-order valence-electron chi connectivity index (χ3n) is 5.21. The molecular formula is C23H37BFO2P. The smallest absolute Gasteiger partial charge is 0.274 e. The summed E-state index contributed by atoms with van der Waals surface area (Å²) in [5, 5.41) is 0. The van der Waals surface area contributed by atoms with Crippen LogP contribution in [0.25, 0.3) is 6.08 Å². The summed E-state index contributed by atoms with van der Waals surface area (Å²) >= 11 is 0. The van der Waals surface area contributed by atoms with Gasteiger partial charge in [-0.25, -0.2) is 11.5 Å². The molecule has 2 nitrogen and oxygen atoms in total. The molecule has 0 N–H and O–H groups in total. The molecule has 0 aromatic heterocycles. The Morgan fingerprint density at radius 2 is 1.61 bits per heavy atom. The van der Waals surface area contributed by atoms with Gasteiger partial charge in [0.2, 0.25) is 0 Å². The largest absolute Gasteiger partial charge is 0.471 e. The van der Waals surface area contributed by atoms with E-state index >= 15 is 0 Å². The fourth-order valence-electron chi connectivity index (χ4n) is 3.46. The van der Waals surface area contributed by atoms with Crippen LogP contribution in [-0.2, 0) is 9.53 Å². The van der Waals surface area contributed by atoms with Gasteiger partial charge >= 0.3 is 0 Å². The number of rotatable bonds is 14. The van der Waals surface area contributed by atoms with E-state index in [1.807, 2.05) is 6.08 Å². The molecule has 0 fully saturated rings. The molecule has 0 bridgehead atoms. The predicted molar refractivity (Wildman–Crippen MR) is 123 cm³/mol. The summed E-state index contributed by atoms with van der Waals surface area (Å²) in [6.07, 6.45) is 14.2. The van der Waals surface area contributed by atoms with Crippen LogP contribution in [0.4, 0.5) is 4.39 Å². The number of halogens is 1. The molecule has 1 aromatic rings. The third kappa shape index (κ3) is 8.47. The van der Waals surface area contributed by atoms with E-state index in [4.69, 9.17) is 4.74 Å². The Kier molecular flexibility index (Phi) is 12.4. The topological polar surface area (TPSA) is 26.3 Å². The number of carbonyl (C=O) groups is 1. The van der Waals surface area contributed by atoms with E-state index in [-0.39, 0.29) is 11.8 Å². The van der Waals surface area contributed by atoms with Crippen molar-refractivity contribution in [2.24, 2.45) is 0 Å². The van der Waals surface area contributed by atoms with Crippen molar-refractivity contribution >= 4 is 26.2 Å². The standard InChI is InChI=1S/C23H37BFO2P/c1-5-8-17-28(18-9-6-2,19-10-7-3)24-21(23(26)27-4)16-15-20-13-11-12-14-22(20)25/h11-16,21H,5-10,17-19H2,1-4H3/b16-15+. The lowest BCUT2D eigenvalue weighted by Gasteiger charge is -2.42. The molecule has 1 unspecified atom stereocenters. The van der Waals surface area contributed by atoms with Crippen molar-refractivity contribution in [2.75, 3.05) is 25.6 Å². The van der Waals surface area contributed by atoms with Crippen LogP contribution in [0.15, 0.2) is 30.3 Å². The molecule has 1 aromatic carbocycles. The van der Waals surface area contributed by atoms with Gasteiger partial charge in [-0.3, -0.25) is 4.79 Å². The Labute approximate surface area is 172 Å². The monoisotopic (exact) mass is 406 g/mol. The fraction of sp³-hybridized carbons (Fsp3) is 0.609. The first-order valence-electron chi connectivity index (χ1n) is 10.7. The molecule has 0 aliphatic heterocycles. The maximum atomic E-state index is 14.0. The summed E-state index contributed by atoms with van der Waals surface area (Å²) in [6.45, 7) is 9.00. The van der Waals surface area contributed by atoms with E-state index in [0.29, 0.717) is 5.56 Å². The molecule has 28 heavy (non-hydrogen) atoms. The number of carbonyl (C=O) groups excluding carboxylic acids is 1. The summed E-state index contributed by atoms with van der Waals surface area (Å²) in [5.41, 5.74) is 0.504. The van der Waals surface area contributed by atoms with Crippen molar-refractivity contribution in [2.45, 2.75) is 65.1 Å². The molecule has 1 atom stereocenters. The van der Waals surface area contributed by atoms with Crippen LogP contribution < -0.4 is 0 Å². The van der Waals surface area contributed by atoms with Crippen molar-refractivity contribution in [1.82, 2.24) is 0 Å².